The molecule has 1 N–H and O–H groups in total. The molecule has 36 heavy (non-hydrogen) atoms. The molecule has 0 aliphatic heterocycles. The number of aryl methyl sites for hydroxylation is 1. The van der Waals surface area contributed by atoms with Crippen LogP contribution in [-0.4, -0.2) is 42.2 Å². The number of methoxy groups -OCH3 is 2. The van der Waals surface area contributed by atoms with Crippen LogP contribution in [0.2, 0.25) is 0 Å². The molecule has 2 aromatic carbocycles. The van der Waals surface area contributed by atoms with Gasteiger partial charge in [-0.3, -0.25) is 9.59 Å². The Balaban J connectivity index is 1.82. The zero-order valence-corrected chi connectivity index (χ0v) is 20.9. The topological polar surface area (TPSA) is 95.0 Å². The molecule has 3 aromatic rings. The Morgan fingerprint density at radius 1 is 1.00 bits per heavy atom. The number of aromatic hydroxyl groups is 1. The van der Waals surface area contributed by atoms with Gasteiger partial charge in [-0.15, -0.1) is 0 Å². The highest BCUT2D eigenvalue weighted by atomic mass is 19.1. The summed E-state index contributed by atoms with van der Waals surface area (Å²) in [5.74, 6) is -2.71. The Morgan fingerprint density at radius 2 is 1.67 bits per heavy atom. The van der Waals surface area contributed by atoms with Crippen molar-refractivity contribution < 1.29 is 33.3 Å². The second kappa shape index (κ2) is 11.7. The lowest BCUT2D eigenvalue weighted by molar-refractivity contribution is -0.153. The molecule has 0 saturated carbocycles. The van der Waals surface area contributed by atoms with Gasteiger partial charge in [0.25, 0.3) is 0 Å². The van der Waals surface area contributed by atoms with Gasteiger partial charge < -0.3 is 19.3 Å². The fourth-order valence-electron chi connectivity index (χ4n) is 4.05. The highest BCUT2D eigenvalue weighted by molar-refractivity contribution is 5.99. The fraction of sp³-hybridized carbons (Fsp3) is 0.321. The van der Waals surface area contributed by atoms with Gasteiger partial charge in [0.05, 0.1) is 20.1 Å². The molecule has 0 spiro atoms. The van der Waals surface area contributed by atoms with E-state index in [-0.39, 0.29) is 23.6 Å². The molecule has 0 fully saturated rings. The minimum Gasteiger partial charge on any atom is -0.503 e. The van der Waals surface area contributed by atoms with Crippen LogP contribution in [0.3, 0.4) is 0 Å². The zero-order valence-electron chi connectivity index (χ0n) is 20.9. The van der Waals surface area contributed by atoms with Crippen molar-refractivity contribution in [2.24, 2.45) is 5.92 Å². The summed E-state index contributed by atoms with van der Waals surface area (Å²) < 4.78 is 30.1. The smallest absolute Gasteiger partial charge is 0.309 e. The molecule has 0 unspecified atom stereocenters. The number of hydrogen-bond acceptors (Lipinski definition) is 7. The van der Waals surface area contributed by atoms with Crippen LogP contribution in [0.25, 0.3) is 0 Å². The van der Waals surface area contributed by atoms with E-state index < -0.39 is 35.5 Å². The molecule has 3 rings (SSSR count). The van der Waals surface area contributed by atoms with E-state index in [4.69, 9.17) is 14.2 Å². The number of ether oxygens (including phenoxy) is 3. The van der Waals surface area contributed by atoms with Crippen LogP contribution in [0.4, 0.5) is 4.39 Å². The third-order valence-electron chi connectivity index (χ3n) is 6.00. The summed E-state index contributed by atoms with van der Waals surface area (Å²) in [7, 11) is 2.82. The Bertz CT molecular complexity index is 1230. The summed E-state index contributed by atoms with van der Waals surface area (Å²) >= 11 is 0. The molecule has 0 saturated heterocycles. The second-order valence-corrected chi connectivity index (χ2v) is 8.66. The van der Waals surface area contributed by atoms with Crippen LogP contribution in [0.1, 0.15) is 53.4 Å². The van der Waals surface area contributed by atoms with Crippen LogP contribution in [0, 0.1) is 18.7 Å². The Morgan fingerprint density at radius 3 is 2.31 bits per heavy atom. The highest BCUT2D eigenvalue weighted by Gasteiger charge is 2.30. The summed E-state index contributed by atoms with van der Waals surface area (Å²) in [5, 5.41) is 10.2. The number of rotatable bonds is 10. The SMILES string of the molecule is COc1cc(F)ccc1[C@@H](c1ccc(C)cc1)[C@H](C)OC(=O)[C@H](C)CC(=O)c1nccc(OC)c1O. The molecule has 190 valence electrons. The molecular formula is C28H30FNO6. The normalized spacial score (nSPS) is 13.4. The largest absolute Gasteiger partial charge is 0.503 e. The molecule has 1 heterocycles. The number of aromatic nitrogens is 1. The quantitative estimate of drug-likeness (QED) is 0.304. The van der Waals surface area contributed by atoms with E-state index in [0.29, 0.717) is 11.3 Å². The van der Waals surface area contributed by atoms with Crippen LogP contribution in [0.15, 0.2) is 54.7 Å². The van der Waals surface area contributed by atoms with Gasteiger partial charge in [0, 0.05) is 36.2 Å². The van der Waals surface area contributed by atoms with Crippen molar-refractivity contribution in [3.8, 4) is 17.2 Å². The monoisotopic (exact) mass is 495 g/mol. The first-order valence-electron chi connectivity index (χ1n) is 11.5. The molecule has 0 aliphatic carbocycles. The Hall–Kier alpha value is -3.94. The first-order chi connectivity index (χ1) is 17.2. The number of esters is 1. The predicted molar refractivity (Wildman–Crippen MR) is 132 cm³/mol. The predicted octanol–water partition coefficient (Wildman–Crippen LogP) is 5.22. The number of Topliss-reactive ketones (excluding diaryl/α,β-unsaturated/α-hetero) is 1. The number of hydrogen-bond donors (Lipinski definition) is 1. The average Bonchev–Trinajstić information content (AvgIpc) is 2.86. The number of carbonyl (C=O) groups excluding carboxylic acids is 2. The molecule has 0 bridgehead atoms. The van der Waals surface area contributed by atoms with Gasteiger partial charge in [-0.1, -0.05) is 42.8 Å². The lowest BCUT2D eigenvalue weighted by Gasteiger charge is -2.27. The number of halogens is 1. The van der Waals surface area contributed by atoms with Crippen LogP contribution in [-0.2, 0) is 9.53 Å². The van der Waals surface area contributed by atoms with Crippen molar-refractivity contribution in [1.82, 2.24) is 4.98 Å². The van der Waals surface area contributed by atoms with Gasteiger partial charge in [0.1, 0.15) is 17.7 Å². The third-order valence-corrected chi connectivity index (χ3v) is 6.00. The second-order valence-electron chi connectivity index (χ2n) is 8.66. The van der Waals surface area contributed by atoms with Gasteiger partial charge in [0.15, 0.2) is 23.0 Å². The van der Waals surface area contributed by atoms with Gasteiger partial charge in [-0.05, 0) is 25.5 Å². The summed E-state index contributed by atoms with van der Waals surface area (Å²) in [6.07, 6.45) is 0.466. The number of pyridine rings is 1. The van der Waals surface area contributed by atoms with Crippen molar-refractivity contribution in [2.45, 2.75) is 39.2 Å². The summed E-state index contributed by atoms with van der Waals surface area (Å²) in [4.78, 5) is 29.6. The first-order valence-corrected chi connectivity index (χ1v) is 11.5. The van der Waals surface area contributed by atoms with Crippen molar-refractivity contribution in [3.63, 3.8) is 0 Å². The molecule has 7 nitrogen and oxygen atoms in total. The van der Waals surface area contributed by atoms with Crippen molar-refractivity contribution in [1.29, 1.82) is 0 Å². The molecule has 3 atom stereocenters. The molecular weight excluding hydrogens is 465 g/mol. The van der Waals surface area contributed by atoms with E-state index in [1.54, 1.807) is 19.9 Å². The van der Waals surface area contributed by atoms with Crippen LogP contribution < -0.4 is 9.47 Å². The van der Waals surface area contributed by atoms with E-state index in [0.717, 1.165) is 11.1 Å². The highest BCUT2D eigenvalue weighted by Crippen LogP contribution is 2.37. The molecule has 0 amide bonds. The minimum atomic E-state index is -0.805. The number of ketones is 1. The summed E-state index contributed by atoms with van der Waals surface area (Å²) in [6, 6.07) is 13.4. The maximum Gasteiger partial charge on any atom is 0.309 e. The fourth-order valence-corrected chi connectivity index (χ4v) is 4.05. The lowest BCUT2D eigenvalue weighted by Crippen LogP contribution is -2.28. The third kappa shape index (κ3) is 6.00. The van der Waals surface area contributed by atoms with Crippen molar-refractivity contribution in [2.75, 3.05) is 14.2 Å². The van der Waals surface area contributed by atoms with Crippen LogP contribution in [0.5, 0.6) is 17.2 Å². The van der Waals surface area contributed by atoms with Crippen LogP contribution >= 0.6 is 0 Å². The zero-order chi connectivity index (χ0) is 26.4. The van der Waals surface area contributed by atoms with Gasteiger partial charge >= 0.3 is 5.97 Å². The maximum atomic E-state index is 13.9. The van der Waals surface area contributed by atoms with E-state index in [1.807, 2.05) is 31.2 Å². The molecule has 0 radical (unpaired) electrons. The van der Waals surface area contributed by atoms with Gasteiger partial charge in [-0.25, -0.2) is 9.37 Å². The first kappa shape index (κ1) is 26.7. The summed E-state index contributed by atoms with van der Waals surface area (Å²) in [5.41, 5.74) is 2.42. The Labute approximate surface area is 209 Å². The molecule has 8 heteroatoms. The maximum absolute atomic E-state index is 13.9. The van der Waals surface area contributed by atoms with E-state index in [1.165, 1.54) is 38.6 Å². The average molecular weight is 496 g/mol. The van der Waals surface area contributed by atoms with E-state index in [9.17, 15) is 19.1 Å². The standard InChI is InChI=1S/C28H30FNO6/c1-16-6-8-19(9-7-16)25(21-11-10-20(29)15-24(21)35-5)18(3)36-28(33)17(2)14-22(31)26-27(32)23(34-4)12-13-30-26/h6-13,15,17-18,25,32H,14H2,1-5H3/t17-,18+,25-/m1/s1. The molecule has 0 aliphatic rings. The number of carbonyl (C=O) groups is 2. The van der Waals surface area contributed by atoms with E-state index in [2.05, 4.69) is 4.98 Å². The molecule has 1 aromatic heterocycles. The van der Waals surface area contributed by atoms with E-state index >= 15 is 0 Å². The Kier molecular flexibility index (Phi) is 8.64. The van der Waals surface area contributed by atoms with Crippen molar-refractivity contribution in [3.05, 3.63) is 82.9 Å². The lowest BCUT2D eigenvalue weighted by atomic mass is 9.86. The summed E-state index contributed by atoms with van der Waals surface area (Å²) in [6.45, 7) is 5.28. The number of benzene rings is 2. The number of nitrogens with zero attached hydrogens (tertiary/aromatic N) is 1. The van der Waals surface area contributed by atoms with Crippen molar-refractivity contribution >= 4 is 11.8 Å². The van der Waals surface area contributed by atoms with Gasteiger partial charge in [0.2, 0.25) is 0 Å². The minimum absolute atomic E-state index is 0.117. The van der Waals surface area contributed by atoms with Gasteiger partial charge in [-0.2, -0.15) is 0 Å².